The van der Waals surface area contributed by atoms with Crippen LogP contribution < -0.4 is 19.5 Å². The minimum absolute atomic E-state index is 0.0718. The average molecular weight is 394 g/mol. The number of amides is 1. The van der Waals surface area contributed by atoms with E-state index < -0.39 is 10.0 Å². The van der Waals surface area contributed by atoms with Gasteiger partial charge in [0.1, 0.15) is 19.0 Å². The molecule has 7 nitrogen and oxygen atoms in total. The van der Waals surface area contributed by atoms with Crippen LogP contribution >= 0.6 is 0 Å². The number of carbonyl (C=O) groups excluding carboxylic acids is 1. The number of fused-ring (bicyclic) bond motifs is 1. The van der Waals surface area contributed by atoms with Gasteiger partial charge < -0.3 is 14.8 Å². The third-order valence-electron chi connectivity index (χ3n) is 3.82. The summed E-state index contributed by atoms with van der Waals surface area (Å²) in [6.45, 7) is 0.901. The Hall–Kier alpha value is -2.65. The van der Waals surface area contributed by atoms with Crippen LogP contribution in [0, 0.1) is 5.82 Å². The molecule has 2 aromatic carbocycles. The number of sulfonamides is 1. The quantitative estimate of drug-likeness (QED) is 0.703. The Balaban J connectivity index is 1.47. The molecule has 144 valence electrons. The van der Waals surface area contributed by atoms with E-state index in [0.29, 0.717) is 36.8 Å². The minimum Gasteiger partial charge on any atom is -0.486 e. The first kappa shape index (κ1) is 19.1. The van der Waals surface area contributed by atoms with Crippen LogP contribution in [0.15, 0.2) is 47.4 Å². The molecule has 0 saturated heterocycles. The van der Waals surface area contributed by atoms with Crippen molar-refractivity contribution in [3.8, 4) is 11.5 Å². The van der Waals surface area contributed by atoms with E-state index in [1.807, 2.05) is 0 Å². The summed E-state index contributed by atoms with van der Waals surface area (Å²) >= 11 is 0. The Morgan fingerprint density at radius 2 is 1.74 bits per heavy atom. The van der Waals surface area contributed by atoms with Crippen LogP contribution in [0.2, 0.25) is 0 Å². The van der Waals surface area contributed by atoms with Gasteiger partial charge in [-0.3, -0.25) is 4.79 Å². The third-order valence-corrected chi connectivity index (χ3v) is 5.28. The van der Waals surface area contributed by atoms with Crippen molar-refractivity contribution in [3.63, 3.8) is 0 Å². The first-order valence-electron chi connectivity index (χ1n) is 8.39. The number of hydrogen-bond donors (Lipinski definition) is 2. The molecule has 0 saturated carbocycles. The van der Waals surface area contributed by atoms with E-state index in [1.165, 1.54) is 36.4 Å². The highest BCUT2D eigenvalue weighted by Crippen LogP contribution is 2.32. The van der Waals surface area contributed by atoms with Gasteiger partial charge in [-0.25, -0.2) is 17.5 Å². The molecular formula is C18H19FN2O5S. The van der Waals surface area contributed by atoms with Gasteiger partial charge in [0.25, 0.3) is 0 Å². The second-order valence-corrected chi connectivity index (χ2v) is 7.63. The monoisotopic (exact) mass is 394 g/mol. The summed E-state index contributed by atoms with van der Waals surface area (Å²) in [7, 11) is -3.71. The maximum atomic E-state index is 12.8. The molecule has 2 N–H and O–H groups in total. The zero-order chi connectivity index (χ0) is 19.3. The Morgan fingerprint density at radius 3 is 2.48 bits per heavy atom. The van der Waals surface area contributed by atoms with Gasteiger partial charge in [-0.2, -0.15) is 0 Å². The lowest BCUT2D eigenvalue weighted by atomic mass is 10.2. The molecule has 2 aromatic rings. The highest BCUT2D eigenvalue weighted by atomic mass is 32.2. The minimum atomic E-state index is -3.71. The second kappa shape index (κ2) is 8.36. The fraction of sp³-hybridized carbons (Fsp3) is 0.278. The number of ether oxygens (including phenoxy) is 2. The van der Waals surface area contributed by atoms with Crippen LogP contribution in [0.4, 0.5) is 10.1 Å². The molecule has 9 heteroatoms. The fourth-order valence-corrected chi connectivity index (χ4v) is 3.58. The van der Waals surface area contributed by atoms with Crippen molar-refractivity contribution in [2.24, 2.45) is 0 Å². The van der Waals surface area contributed by atoms with Gasteiger partial charge in [0, 0.05) is 24.7 Å². The van der Waals surface area contributed by atoms with Crippen molar-refractivity contribution < 1.29 is 27.1 Å². The van der Waals surface area contributed by atoms with Gasteiger partial charge in [0.05, 0.1) is 4.90 Å². The molecule has 0 aromatic heterocycles. The molecule has 1 heterocycles. The van der Waals surface area contributed by atoms with E-state index in [-0.39, 0.29) is 29.6 Å². The molecule has 0 fully saturated rings. The number of halogens is 1. The maximum Gasteiger partial charge on any atom is 0.240 e. The van der Waals surface area contributed by atoms with E-state index in [4.69, 9.17) is 9.47 Å². The molecule has 0 unspecified atom stereocenters. The summed E-state index contributed by atoms with van der Waals surface area (Å²) < 4.78 is 50.7. The molecule has 0 bridgehead atoms. The van der Waals surface area contributed by atoms with E-state index in [1.54, 1.807) is 6.07 Å². The first-order valence-corrected chi connectivity index (χ1v) is 9.87. The van der Waals surface area contributed by atoms with Crippen LogP contribution in [-0.2, 0) is 14.8 Å². The molecular weight excluding hydrogens is 375 g/mol. The van der Waals surface area contributed by atoms with Gasteiger partial charge in [-0.05, 0) is 42.8 Å². The molecule has 0 radical (unpaired) electrons. The number of carbonyl (C=O) groups is 1. The van der Waals surface area contributed by atoms with Gasteiger partial charge in [-0.15, -0.1) is 0 Å². The molecule has 0 aliphatic carbocycles. The van der Waals surface area contributed by atoms with Crippen molar-refractivity contribution in [3.05, 3.63) is 48.3 Å². The SMILES string of the molecule is O=C(CCCNS(=O)(=O)c1ccc2c(c1)OCCO2)Nc1ccc(F)cc1. The van der Waals surface area contributed by atoms with E-state index >= 15 is 0 Å². The molecule has 0 atom stereocenters. The molecule has 3 rings (SSSR count). The van der Waals surface area contributed by atoms with Gasteiger partial charge in [0.2, 0.25) is 15.9 Å². The topological polar surface area (TPSA) is 93.7 Å². The number of nitrogens with one attached hydrogen (secondary N) is 2. The summed E-state index contributed by atoms with van der Waals surface area (Å²) in [5, 5.41) is 2.62. The van der Waals surface area contributed by atoms with Crippen molar-refractivity contribution in [2.75, 3.05) is 25.1 Å². The zero-order valence-corrected chi connectivity index (χ0v) is 15.2. The van der Waals surface area contributed by atoms with Crippen LogP contribution in [0.25, 0.3) is 0 Å². The second-order valence-electron chi connectivity index (χ2n) is 5.86. The first-order chi connectivity index (χ1) is 12.9. The Kier molecular flexibility index (Phi) is 5.92. The van der Waals surface area contributed by atoms with Crippen LogP contribution in [0.5, 0.6) is 11.5 Å². The standard InChI is InChI=1S/C18H19FN2O5S/c19-13-3-5-14(6-4-13)21-18(22)2-1-9-20-27(23,24)15-7-8-16-17(12-15)26-11-10-25-16/h3-8,12,20H,1-2,9-11H2,(H,21,22). The lowest BCUT2D eigenvalue weighted by molar-refractivity contribution is -0.116. The summed E-state index contributed by atoms with van der Waals surface area (Å²) in [4.78, 5) is 11.9. The Labute approximate surface area is 156 Å². The Bertz CT molecular complexity index is 916. The smallest absolute Gasteiger partial charge is 0.240 e. The predicted octanol–water partition coefficient (Wildman–Crippen LogP) is 2.29. The third kappa shape index (κ3) is 5.18. The lowest BCUT2D eigenvalue weighted by Gasteiger charge is -2.18. The maximum absolute atomic E-state index is 12.8. The lowest BCUT2D eigenvalue weighted by Crippen LogP contribution is -2.26. The van der Waals surface area contributed by atoms with Crippen molar-refractivity contribution >= 4 is 21.6 Å². The predicted molar refractivity (Wildman–Crippen MR) is 96.9 cm³/mol. The largest absolute Gasteiger partial charge is 0.486 e. The fourth-order valence-electron chi connectivity index (χ4n) is 2.49. The van der Waals surface area contributed by atoms with Crippen molar-refractivity contribution in [2.45, 2.75) is 17.7 Å². The van der Waals surface area contributed by atoms with Gasteiger partial charge in [-0.1, -0.05) is 0 Å². The number of rotatable bonds is 7. The van der Waals surface area contributed by atoms with E-state index in [0.717, 1.165) is 0 Å². The Morgan fingerprint density at radius 1 is 1.04 bits per heavy atom. The molecule has 1 aliphatic heterocycles. The zero-order valence-electron chi connectivity index (χ0n) is 14.4. The van der Waals surface area contributed by atoms with Crippen molar-refractivity contribution in [1.82, 2.24) is 4.72 Å². The average Bonchev–Trinajstić information content (AvgIpc) is 2.67. The number of hydrogen-bond acceptors (Lipinski definition) is 5. The van der Waals surface area contributed by atoms with Crippen LogP contribution in [0.3, 0.4) is 0 Å². The number of anilines is 1. The summed E-state index contributed by atoms with van der Waals surface area (Å²) in [5.74, 6) is 0.238. The molecule has 0 spiro atoms. The van der Waals surface area contributed by atoms with Crippen molar-refractivity contribution in [1.29, 1.82) is 0 Å². The molecule has 1 aliphatic rings. The normalized spacial score (nSPS) is 13.2. The summed E-state index contributed by atoms with van der Waals surface area (Å²) in [5.41, 5.74) is 0.484. The van der Waals surface area contributed by atoms with Gasteiger partial charge >= 0.3 is 0 Å². The van der Waals surface area contributed by atoms with E-state index in [2.05, 4.69) is 10.0 Å². The van der Waals surface area contributed by atoms with Crippen LogP contribution in [-0.4, -0.2) is 34.1 Å². The molecule has 1 amide bonds. The molecule has 27 heavy (non-hydrogen) atoms. The highest BCUT2D eigenvalue weighted by Gasteiger charge is 2.19. The van der Waals surface area contributed by atoms with Gasteiger partial charge in [0.15, 0.2) is 11.5 Å². The number of benzene rings is 2. The summed E-state index contributed by atoms with van der Waals surface area (Å²) in [6.07, 6.45) is 0.442. The summed E-state index contributed by atoms with van der Waals surface area (Å²) in [6, 6.07) is 9.82. The van der Waals surface area contributed by atoms with Crippen LogP contribution in [0.1, 0.15) is 12.8 Å². The van der Waals surface area contributed by atoms with E-state index in [9.17, 15) is 17.6 Å². The highest BCUT2D eigenvalue weighted by molar-refractivity contribution is 7.89.